The molecule has 0 aliphatic rings. The minimum absolute atomic E-state index is 0.102. The Hall–Kier alpha value is -0.330. The first kappa shape index (κ1) is 15.7. The summed E-state index contributed by atoms with van der Waals surface area (Å²) >= 11 is 0. The van der Waals surface area contributed by atoms with Crippen LogP contribution in [0.5, 0.6) is 0 Å². The van der Waals surface area contributed by atoms with Crippen LogP contribution in [0.4, 0.5) is 0 Å². The summed E-state index contributed by atoms with van der Waals surface area (Å²) in [5, 5.41) is 0. The SMILES string of the molecule is CCCCCCCCC/C(C)=N\C(C)(C)C. The summed E-state index contributed by atoms with van der Waals surface area (Å²) < 4.78 is 0. The van der Waals surface area contributed by atoms with Crippen molar-refractivity contribution in [2.24, 2.45) is 4.99 Å². The first-order chi connectivity index (χ1) is 7.45. The van der Waals surface area contributed by atoms with Crippen LogP contribution in [0.2, 0.25) is 0 Å². The quantitative estimate of drug-likeness (QED) is 0.388. The van der Waals surface area contributed by atoms with E-state index in [0.29, 0.717) is 0 Å². The predicted molar refractivity (Wildman–Crippen MR) is 75.5 cm³/mol. The highest BCUT2D eigenvalue weighted by Gasteiger charge is 2.06. The number of hydrogen-bond donors (Lipinski definition) is 0. The maximum atomic E-state index is 4.67. The van der Waals surface area contributed by atoms with Crippen LogP contribution in [0.25, 0.3) is 0 Å². The van der Waals surface area contributed by atoms with Crippen LogP contribution in [0, 0.1) is 0 Å². The molecule has 0 saturated carbocycles. The molecule has 96 valence electrons. The number of hydrogen-bond acceptors (Lipinski definition) is 1. The van der Waals surface area contributed by atoms with Crippen molar-refractivity contribution < 1.29 is 0 Å². The fourth-order valence-corrected chi connectivity index (χ4v) is 1.97. The Kier molecular flexibility index (Phi) is 8.60. The molecule has 0 rings (SSSR count). The molecule has 0 radical (unpaired) electrons. The van der Waals surface area contributed by atoms with Crippen molar-refractivity contribution in [1.29, 1.82) is 0 Å². The highest BCUT2D eigenvalue weighted by Crippen LogP contribution is 2.11. The summed E-state index contributed by atoms with van der Waals surface area (Å²) in [4.78, 5) is 4.67. The van der Waals surface area contributed by atoms with Gasteiger partial charge in [-0.1, -0.05) is 45.4 Å². The molecule has 0 bridgehead atoms. The van der Waals surface area contributed by atoms with Gasteiger partial charge in [-0.15, -0.1) is 0 Å². The normalized spacial score (nSPS) is 13.2. The third-order valence-corrected chi connectivity index (χ3v) is 2.67. The molecule has 0 N–H and O–H groups in total. The molecule has 0 aliphatic heterocycles. The van der Waals surface area contributed by atoms with Crippen molar-refractivity contribution in [2.75, 3.05) is 0 Å². The van der Waals surface area contributed by atoms with Gasteiger partial charge in [-0.2, -0.15) is 0 Å². The van der Waals surface area contributed by atoms with Gasteiger partial charge in [0.25, 0.3) is 0 Å². The maximum absolute atomic E-state index is 4.67. The predicted octanol–water partition coefficient (Wildman–Crippen LogP) is 5.39. The summed E-state index contributed by atoms with van der Waals surface area (Å²) in [5.41, 5.74) is 1.42. The van der Waals surface area contributed by atoms with Crippen molar-refractivity contribution >= 4 is 5.71 Å². The second kappa shape index (κ2) is 8.78. The standard InChI is InChI=1S/C15H31N/c1-6-7-8-9-10-11-12-13-14(2)16-15(3,4)5/h6-13H2,1-5H3/b16-14-. The summed E-state index contributed by atoms with van der Waals surface area (Å²) in [6, 6.07) is 0. The zero-order valence-electron chi connectivity index (χ0n) is 12.1. The summed E-state index contributed by atoms with van der Waals surface area (Å²) in [6.45, 7) is 10.9. The lowest BCUT2D eigenvalue weighted by atomic mass is 10.1. The third kappa shape index (κ3) is 11.7. The van der Waals surface area contributed by atoms with Crippen molar-refractivity contribution in [3.63, 3.8) is 0 Å². The Morgan fingerprint density at radius 3 is 1.88 bits per heavy atom. The van der Waals surface area contributed by atoms with Gasteiger partial charge in [-0.05, 0) is 40.5 Å². The second-order valence-corrected chi connectivity index (χ2v) is 5.89. The van der Waals surface area contributed by atoms with Crippen LogP contribution in [0.3, 0.4) is 0 Å². The average molecular weight is 225 g/mol. The molecule has 0 aromatic rings. The number of unbranched alkanes of at least 4 members (excludes halogenated alkanes) is 6. The smallest absolute Gasteiger partial charge is 0.0523 e. The van der Waals surface area contributed by atoms with E-state index in [4.69, 9.17) is 0 Å². The molecule has 1 nitrogen and oxygen atoms in total. The highest BCUT2D eigenvalue weighted by molar-refractivity contribution is 5.82. The maximum Gasteiger partial charge on any atom is 0.0523 e. The Bertz CT molecular complexity index is 186. The first-order valence-corrected chi connectivity index (χ1v) is 7.01. The van der Waals surface area contributed by atoms with Gasteiger partial charge in [0.15, 0.2) is 0 Å². The Balaban J connectivity index is 3.41. The van der Waals surface area contributed by atoms with Crippen molar-refractivity contribution in [1.82, 2.24) is 0 Å². The van der Waals surface area contributed by atoms with Gasteiger partial charge in [0.1, 0.15) is 0 Å². The third-order valence-electron chi connectivity index (χ3n) is 2.67. The molecule has 0 saturated heterocycles. The molecule has 0 amide bonds. The van der Waals surface area contributed by atoms with Gasteiger partial charge in [-0.25, -0.2) is 0 Å². The molecule has 1 heteroatoms. The molecule has 0 atom stereocenters. The first-order valence-electron chi connectivity index (χ1n) is 7.01. The van der Waals surface area contributed by atoms with E-state index in [9.17, 15) is 0 Å². The van der Waals surface area contributed by atoms with Gasteiger partial charge in [0.05, 0.1) is 5.54 Å². The molecule has 0 aromatic carbocycles. The topological polar surface area (TPSA) is 12.4 Å². The molecule has 16 heavy (non-hydrogen) atoms. The van der Waals surface area contributed by atoms with E-state index < -0.39 is 0 Å². The van der Waals surface area contributed by atoms with E-state index in [2.05, 4.69) is 39.6 Å². The summed E-state index contributed by atoms with van der Waals surface area (Å²) in [6.07, 6.45) is 10.9. The molecular formula is C15H31N. The largest absolute Gasteiger partial charge is 0.289 e. The van der Waals surface area contributed by atoms with E-state index in [1.807, 2.05) is 0 Å². The van der Waals surface area contributed by atoms with Gasteiger partial charge in [0.2, 0.25) is 0 Å². The highest BCUT2D eigenvalue weighted by atomic mass is 14.8. The van der Waals surface area contributed by atoms with Crippen LogP contribution in [-0.4, -0.2) is 11.3 Å². The number of nitrogens with zero attached hydrogens (tertiary/aromatic N) is 1. The minimum atomic E-state index is 0.102. The van der Waals surface area contributed by atoms with Gasteiger partial charge >= 0.3 is 0 Å². The van der Waals surface area contributed by atoms with Gasteiger partial charge in [-0.3, -0.25) is 4.99 Å². The molecule has 0 aromatic heterocycles. The lowest BCUT2D eigenvalue weighted by Crippen LogP contribution is -2.12. The lowest BCUT2D eigenvalue weighted by Gasteiger charge is -2.13. The Labute approximate surface area is 103 Å². The molecular weight excluding hydrogens is 194 g/mol. The summed E-state index contributed by atoms with van der Waals surface area (Å²) in [7, 11) is 0. The van der Waals surface area contributed by atoms with E-state index in [-0.39, 0.29) is 5.54 Å². The zero-order valence-corrected chi connectivity index (χ0v) is 12.1. The van der Waals surface area contributed by atoms with E-state index >= 15 is 0 Å². The number of rotatable bonds is 8. The average Bonchev–Trinajstić information content (AvgIpc) is 2.13. The Morgan fingerprint density at radius 2 is 1.38 bits per heavy atom. The second-order valence-electron chi connectivity index (χ2n) is 5.89. The molecule has 0 aliphatic carbocycles. The van der Waals surface area contributed by atoms with Crippen LogP contribution >= 0.6 is 0 Å². The number of aliphatic imine (C=N–C) groups is 1. The summed E-state index contributed by atoms with van der Waals surface area (Å²) in [5.74, 6) is 0. The monoisotopic (exact) mass is 225 g/mol. The molecule has 0 heterocycles. The zero-order chi connectivity index (χ0) is 12.4. The Morgan fingerprint density at radius 1 is 0.875 bits per heavy atom. The van der Waals surface area contributed by atoms with Crippen LogP contribution in [0.1, 0.15) is 86.0 Å². The van der Waals surface area contributed by atoms with Crippen molar-refractivity contribution in [3.8, 4) is 0 Å². The minimum Gasteiger partial charge on any atom is -0.289 e. The fourth-order valence-electron chi connectivity index (χ4n) is 1.97. The van der Waals surface area contributed by atoms with E-state index in [1.54, 1.807) is 0 Å². The van der Waals surface area contributed by atoms with Crippen molar-refractivity contribution in [3.05, 3.63) is 0 Å². The van der Waals surface area contributed by atoms with Gasteiger partial charge in [0, 0.05) is 5.71 Å². The van der Waals surface area contributed by atoms with Crippen LogP contribution < -0.4 is 0 Å². The van der Waals surface area contributed by atoms with Crippen LogP contribution in [-0.2, 0) is 0 Å². The van der Waals surface area contributed by atoms with E-state index in [0.717, 1.165) is 0 Å². The van der Waals surface area contributed by atoms with Crippen LogP contribution in [0.15, 0.2) is 4.99 Å². The van der Waals surface area contributed by atoms with E-state index in [1.165, 1.54) is 57.1 Å². The fraction of sp³-hybridized carbons (Fsp3) is 0.933. The molecule has 0 fully saturated rings. The molecule has 0 unspecified atom stereocenters. The van der Waals surface area contributed by atoms with Crippen molar-refractivity contribution in [2.45, 2.75) is 91.5 Å². The lowest BCUT2D eigenvalue weighted by molar-refractivity contribution is 0.574. The molecule has 0 spiro atoms. The van der Waals surface area contributed by atoms with Gasteiger partial charge < -0.3 is 0 Å².